The van der Waals surface area contributed by atoms with Gasteiger partial charge in [-0.3, -0.25) is 14.6 Å². The Morgan fingerprint density at radius 1 is 1.11 bits per heavy atom. The Labute approximate surface area is 216 Å². The number of hydrogen-bond acceptors (Lipinski definition) is 6. The van der Waals surface area contributed by atoms with Crippen molar-refractivity contribution in [1.29, 1.82) is 0 Å². The SMILES string of the molecule is COCC(O)CNC(=O)c1cc(NC(=O)c2cc(-c3ccccn3)c(F)cc2Cl)n(-c2ccccc2)n1. The topological polar surface area (TPSA) is 118 Å². The average Bonchev–Trinajstić information content (AvgIpc) is 3.32. The van der Waals surface area contributed by atoms with E-state index in [9.17, 15) is 19.1 Å². The summed E-state index contributed by atoms with van der Waals surface area (Å²) in [6.07, 6.45) is 0.626. The van der Waals surface area contributed by atoms with E-state index in [1.165, 1.54) is 30.1 Å². The van der Waals surface area contributed by atoms with Crippen LogP contribution >= 0.6 is 11.6 Å². The number of halogens is 2. The fourth-order valence-electron chi connectivity index (χ4n) is 3.52. The van der Waals surface area contributed by atoms with Gasteiger partial charge in [-0.25, -0.2) is 9.07 Å². The summed E-state index contributed by atoms with van der Waals surface area (Å²) in [6, 6.07) is 17.6. The summed E-state index contributed by atoms with van der Waals surface area (Å²) < 4.78 is 20.9. The normalized spacial score (nSPS) is 11.7. The summed E-state index contributed by atoms with van der Waals surface area (Å²) >= 11 is 6.22. The van der Waals surface area contributed by atoms with Crippen molar-refractivity contribution in [2.75, 3.05) is 25.6 Å². The Kier molecular flexibility index (Phi) is 8.24. The highest BCUT2D eigenvalue weighted by atomic mass is 35.5. The first-order valence-corrected chi connectivity index (χ1v) is 11.6. The van der Waals surface area contributed by atoms with Crippen LogP contribution in [0.15, 0.2) is 72.9 Å². The standard InChI is InChI=1S/C26H23ClFN5O4/c1-37-15-17(34)14-30-26(36)23-13-24(33(32-23)16-7-3-2-4-8-16)31-25(35)18-11-19(21(28)12-20(18)27)22-9-5-6-10-29-22/h2-13,17,34H,14-15H2,1H3,(H,30,36)(H,31,35). The zero-order valence-corrected chi connectivity index (χ0v) is 20.4. The maximum absolute atomic E-state index is 14.6. The molecular formula is C26H23ClFN5O4. The van der Waals surface area contributed by atoms with Gasteiger partial charge in [0.15, 0.2) is 5.69 Å². The Bertz CT molecular complexity index is 1400. The number of hydrogen-bond donors (Lipinski definition) is 3. The van der Waals surface area contributed by atoms with Gasteiger partial charge in [-0.05, 0) is 36.4 Å². The van der Waals surface area contributed by atoms with Gasteiger partial charge in [-0.1, -0.05) is 35.9 Å². The number of ether oxygens (including phenoxy) is 1. The van der Waals surface area contributed by atoms with E-state index in [-0.39, 0.29) is 40.8 Å². The van der Waals surface area contributed by atoms with Crippen molar-refractivity contribution in [1.82, 2.24) is 20.1 Å². The van der Waals surface area contributed by atoms with Gasteiger partial charge in [0.1, 0.15) is 11.6 Å². The monoisotopic (exact) mass is 523 g/mol. The van der Waals surface area contributed by atoms with Gasteiger partial charge in [-0.15, -0.1) is 0 Å². The van der Waals surface area contributed by atoms with Crippen LogP contribution in [-0.2, 0) is 4.74 Å². The van der Waals surface area contributed by atoms with Crippen LogP contribution in [0, 0.1) is 5.82 Å². The lowest BCUT2D eigenvalue weighted by Gasteiger charge is -2.11. The summed E-state index contributed by atoms with van der Waals surface area (Å²) in [5.74, 6) is -1.64. The van der Waals surface area contributed by atoms with Crippen LogP contribution in [0.5, 0.6) is 0 Å². The first-order chi connectivity index (χ1) is 17.9. The zero-order valence-electron chi connectivity index (χ0n) is 19.7. The molecule has 1 atom stereocenters. The highest BCUT2D eigenvalue weighted by Crippen LogP contribution is 2.28. The molecule has 0 aliphatic heterocycles. The number of carbonyl (C=O) groups excluding carboxylic acids is 2. The van der Waals surface area contributed by atoms with E-state index in [0.29, 0.717) is 11.4 Å². The van der Waals surface area contributed by atoms with Crippen molar-refractivity contribution >= 4 is 29.2 Å². The second kappa shape index (κ2) is 11.7. The molecule has 2 aromatic heterocycles. The number of carbonyl (C=O) groups is 2. The lowest BCUT2D eigenvalue weighted by Crippen LogP contribution is -2.34. The number of anilines is 1. The summed E-state index contributed by atoms with van der Waals surface area (Å²) in [6.45, 7) is 0.00695. The third-order valence-electron chi connectivity index (χ3n) is 5.28. The van der Waals surface area contributed by atoms with Crippen molar-refractivity contribution in [2.24, 2.45) is 0 Å². The van der Waals surface area contributed by atoms with E-state index < -0.39 is 23.7 Å². The third kappa shape index (κ3) is 6.18. The summed E-state index contributed by atoms with van der Waals surface area (Å²) in [5, 5.41) is 19.3. The van der Waals surface area contributed by atoms with Crippen LogP contribution in [0.4, 0.5) is 10.2 Å². The van der Waals surface area contributed by atoms with Crippen molar-refractivity contribution in [3.05, 3.63) is 95.0 Å². The molecule has 0 aliphatic carbocycles. The largest absolute Gasteiger partial charge is 0.389 e. The van der Waals surface area contributed by atoms with Crippen molar-refractivity contribution in [3.8, 4) is 16.9 Å². The molecule has 0 radical (unpaired) electrons. The Balaban J connectivity index is 1.65. The molecule has 2 amide bonds. The quantitative estimate of drug-likeness (QED) is 0.308. The number of aliphatic hydroxyl groups excluding tert-OH is 1. The molecule has 0 spiro atoms. The van der Waals surface area contributed by atoms with E-state index in [0.717, 1.165) is 6.07 Å². The third-order valence-corrected chi connectivity index (χ3v) is 5.60. The maximum Gasteiger partial charge on any atom is 0.271 e. The van der Waals surface area contributed by atoms with E-state index in [4.69, 9.17) is 16.3 Å². The minimum Gasteiger partial charge on any atom is -0.389 e. The van der Waals surface area contributed by atoms with Gasteiger partial charge in [0.25, 0.3) is 11.8 Å². The smallest absolute Gasteiger partial charge is 0.271 e. The van der Waals surface area contributed by atoms with E-state index in [1.54, 1.807) is 42.5 Å². The lowest BCUT2D eigenvalue weighted by molar-refractivity contribution is 0.0608. The number of methoxy groups -OCH3 is 1. The highest BCUT2D eigenvalue weighted by molar-refractivity contribution is 6.34. The minimum atomic E-state index is -0.891. The fraction of sp³-hybridized carbons (Fsp3) is 0.154. The number of nitrogens with zero attached hydrogens (tertiary/aromatic N) is 3. The first kappa shape index (κ1) is 26.0. The number of rotatable bonds is 9. The van der Waals surface area contributed by atoms with Gasteiger partial charge >= 0.3 is 0 Å². The molecule has 0 aliphatic rings. The Hall–Kier alpha value is -4.12. The van der Waals surface area contributed by atoms with E-state index >= 15 is 0 Å². The molecule has 37 heavy (non-hydrogen) atoms. The molecule has 2 aromatic carbocycles. The second-order valence-corrected chi connectivity index (χ2v) is 8.37. The molecule has 3 N–H and O–H groups in total. The molecule has 2 heterocycles. The van der Waals surface area contributed by atoms with Gasteiger partial charge in [0.2, 0.25) is 0 Å². The van der Waals surface area contributed by atoms with Gasteiger partial charge in [0.05, 0.1) is 34.7 Å². The van der Waals surface area contributed by atoms with Gasteiger partial charge in [-0.2, -0.15) is 5.10 Å². The highest BCUT2D eigenvalue weighted by Gasteiger charge is 2.21. The predicted molar refractivity (Wildman–Crippen MR) is 136 cm³/mol. The lowest BCUT2D eigenvalue weighted by atomic mass is 10.1. The molecule has 0 fully saturated rings. The summed E-state index contributed by atoms with van der Waals surface area (Å²) in [4.78, 5) is 30.1. The molecule has 4 aromatic rings. The molecule has 0 bridgehead atoms. The van der Waals surface area contributed by atoms with Crippen LogP contribution in [0.3, 0.4) is 0 Å². The molecule has 4 rings (SSSR count). The van der Waals surface area contributed by atoms with Crippen LogP contribution in [-0.4, -0.2) is 58.1 Å². The number of benzene rings is 2. The van der Waals surface area contributed by atoms with E-state index in [1.807, 2.05) is 6.07 Å². The number of nitrogens with one attached hydrogen (secondary N) is 2. The molecule has 1 unspecified atom stereocenters. The average molecular weight is 524 g/mol. The van der Waals surface area contributed by atoms with Crippen molar-refractivity contribution < 1.29 is 23.8 Å². The molecular weight excluding hydrogens is 501 g/mol. The van der Waals surface area contributed by atoms with Gasteiger partial charge in [0, 0.05) is 31.5 Å². The Morgan fingerprint density at radius 3 is 2.57 bits per heavy atom. The number of amides is 2. The fourth-order valence-corrected chi connectivity index (χ4v) is 3.76. The van der Waals surface area contributed by atoms with Crippen LogP contribution in [0.2, 0.25) is 5.02 Å². The van der Waals surface area contributed by atoms with E-state index in [2.05, 4.69) is 20.7 Å². The van der Waals surface area contributed by atoms with Crippen molar-refractivity contribution in [3.63, 3.8) is 0 Å². The summed E-state index contributed by atoms with van der Waals surface area (Å²) in [5.41, 5.74) is 1.05. The molecule has 9 nitrogen and oxygen atoms in total. The number of pyridine rings is 1. The molecule has 11 heteroatoms. The number of para-hydroxylation sites is 1. The summed E-state index contributed by atoms with van der Waals surface area (Å²) in [7, 11) is 1.44. The number of aliphatic hydroxyl groups is 1. The minimum absolute atomic E-state index is 0.00291. The number of aromatic nitrogens is 3. The molecule has 0 saturated carbocycles. The van der Waals surface area contributed by atoms with Crippen molar-refractivity contribution in [2.45, 2.75) is 6.10 Å². The second-order valence-electron chi connectivity index (χ2n) is 7.96. The predicted octanol–water partition coefficient (Wildman–Crippen LogP) is 3.72. The van der Waals surface area contributed by atoms with Crippen LogP contribution in [0.25, 0.3) is 16.9 Å². The Morgan fingerprint density at radius 2 is 1.86 bits per heavy atom. The molecule has 0 saturated heterocycles. The first-order valence-electron chi connectivity index (χ1n) is 11.2. The van der Waals surface area contributed by atoms with Crippen LogP contribution < -0.4 is 10.6 Å². The van der Waals surface area contributed by atoms with Crippen LogP contribution in [0.1, 0.15) is 20.8 Å². The van der Waals surface area contributed by atoms with Gasteiger partial charge < -0.3 is 20.5 Å². The maximum atomic E-state index is 14.6. The molecule has 190 valence electrons. The zero-order chi connectivity index (χ0) is 26.4.